The van der Waals surface area contributed by atoms with Crippen molar-refractivity contribution >= 4 is 17.7 Å². The first-order valence-electron chi connectivity index (χ1n) is 8.44. The van der Waals surface area contributed by atoms with Crippen molar-refractivity contribution in [2.24, 2.45) is 5.73 Å². The average molecular weight is 377 g/mol. The number of nitrogens with two attached hydrogens (primary N) is 1. The summed E-state index contributed by atoms with van der Waals surface area (Å²) < 4.78 is 10.5. The molecule has 1 amide bonds. The molecule has 3 rings (SSSR count). The van der Waals surface area contributed by atoms with E-state index >= 15 is 0 Å². The molecular weight excluding hydrogens is 348 g/mol. The Hall–Kier alpha value is -2.18. The van der Waals surface area contributed by atoms with Gasteiger partial charge in [-0.1, -0.05) is 36.4 Å². The molecule has 0 saturated carbocycles. The van der Waals surface area contributed by atoms with E-state index in [2.05, 4.69) is 23.2 Å². The van der Waals surface area contributed by atoms with Crippen LogP contribution in [0.25, 0.3) is 11.1 Å². The molecule has 1 saturated heterocycles. The van der Waals surface area contributed by atoms with Gasteiger partial charge in [-0.2, -0.15) is 11.8 Å². The van der Waals surface area contributed by atoms with Gasteiger partial charge < -0.3 is 20.5 Å². The lowest BCUT2D eigenvalue weighted by Gasteiger charge is -2.09. The van der Waals surface area contributed by atoms with Crippen molar-refractivity contribution in [1.29, 1.82) is 0 Å². The van der Waals surface area contributed by atoms with Gasteiger partial charge in [0, 0.05) is 6.54 Å². The highest BCUT2D eigenvalue weighted by Gasteiger charge is 2.05. The number of rotatable bonds is 3. The second-order valence-corrected chi connectivity index (χ2v) is 6.30. The van der Waals surface area contributed by atoms with E-state index < -0.39 is 0 Å². The van der Waals surface area contributed by atoms with Crippen LogP contribution >= 0.6 is 11.8 Å². The van der Waals surface area contributed by atoms with Crippen molar-refractivity contribution in [2.45, 2.75) is 6.42 Å². The monoisotopic (exact) mass is 376 g/mol. The molecule has 0 spiro atoms. The van der Waals surface area contributed by atoms with Crippen LogP contribution in [0.2, 0.25) is 0 Å². The van der Waals surface area contributed by atoms with Gasteiger partial charge >= 0.3 is 0 Å². The predicted octanol–water partition coefficient (Wildman–Crippen LogP) is 3.19. The maximum Gasteiger partial charge on any atom is 0.229 e. The number of amides is 1. The van der Waals surface area contributed by atoms with Gasteiger partial charge in [-0.15, -0.1) is 0 Å². The molecule has 0 bridgehead atoms. The number of hydrogen-bond donors (Lipinski definition) is 2. The summed E-state index contributed by atoms with van der Waals surface area (Å²) in [6.07, 6.45) is 1.12. The van der Waals surface area contributed by atoms with E-state index in [0.29, 0.717) is 5.75 Å². The van der Waals surface area contributed by atoms with Crippen LogP contribution in [-0.4, -0.2) is 45.2 Å². The smallest absolute Gasteiger partial charge is 0.229 e. The molecular formula is C20H28N2O3S. The van der Waals surface area contributed by atoms with E-state index in [0.717, 1.165) is 35.8 Å². The Morgan fingerprint density at radius 3 is 2.31 bits per heavy atom. The first-order valence-corrected chi connectivity index (χ1v) is 9.59. The van der Waals surface area contributed by atoms with Gasteiger partial charge in [0.1, 0.15) is 0 Å². The SMILES string of the molecule is CN.COc1ccc(-c2ccccc2)cc1OC.O=C1CSCCCN1. The molecule has 0 aromatic heterocycles. The number of hydrogen-bond acceptors (Lipinski definition) is 5. The molecule has 2 aromatic carbocycles. The molecule has 142 valence electrons. The Balaban J connectivity index is 0.000000284. The maximum atomic E-state index is 10.6. The lowest BCUT2D eigenvalue weighted by atomic mass is 10.1. The normalized spacial score (nSPS) is 13.0. The zero-order valence-corrected chi connectivity index (χ0v) is 16.5. The lowest BCUT2D eigenvalue weighted by molar-refractivity contribution is -0.118. The Labute approximate surface area is 160 Å². The lowest BCUT2D eigenvalue weighted by Crippen LogP contribution is -2.23. The molecule has 3 N–H and O–H groups in total. The molecule has 1 aliphatic rings. The topological polar surface area (TPSA) is 73.6 Å². The Morgan fingerprint density at radius 1 is 0.962 bits per heavy atom. The van der Waals surface area contributed by atoms with Gasteiger partial charge in [0.05, 0.1) is 20.0 Å². The van der Waals surface area contributed by atoms with E-state index in [1.54, 1.807) is 26.0 Å². The van der Waals surface area contributed by atoms with E-state index in [1.165, 1.54) is 12.6 Å². The second-order valence-electron chi connectivity index (χ2n) is 5.19. The zero-order valence-electron chi connectivity index (χ0n) is 15.7. The molecule has 2 aromatic rings. The van der Waals surface area contributed by atoms with Crippen molar-refractivity contribution in [2.75, 3.05) is 39.3 Å². The first-order chi connectivity index (χ1) is 12.7. The Bertz CT molecular complexity index is 641. The first kappa shape index (κ1) is 21.9. The highest BCUT2D eigenvalue weighted by Crippen LogP contribution is 2.31. The summed E-state index contributed by atoms with van der Waals surface area (Å²) in [5.41, 5.74) is 6.79. The molecule has 5 nitrogen and oxygen atoms in total. The van der Waals surface area contributed by atoms with Gasteiger partial charge in [-0.05, 0) is 42.5 Å². The summed E-state index contributed by atoms with van der Waals surface area (Å²) in [5, 5.41) is 2.78. The Kier molecular flexibility index (Phi) is 11.0. The fourth-order valence-electron chi connectivity index (χ4n) is 2.26. The zero-order chi connectivity index (χ0) is 19.2. The predicted molar refractivity (Wildman–Crippen MR) is 110 cm³/mol. The molecule has 1 aliphatic heterocycles. The number of carbonyl (C=O) groups excluding carboxylic acids is 1. The summed E-state index contributed by atoms with van der Waals surface area (Å²) in [6, 6.07) is 16.1. The molecule has 6 heteroatoms. The van der Waals surface area contributed by atoms with Crippen molar-refractivity contribution < 1.29 is 14.3 Å². The molecule has 26 heavy (non-hydrogen) atoms. The van der Waals surface area contributed by atoms with Crippen LogP contribution < -0.4 is 20.5 Å². The van der Waals surface area contributed by atoms with Crippen LogP contribution in [0.4, 0.5) is 0 Å². The van der Waals surface area contributed by atoms with Gasteiger partial charge in [0.25, 0.3) is 0 Å². The average Bonchev–Trinajstić information content (AvgIpc) is 2.97. The number of nitrogens with one attached hydrogen (secondary N) is 1. The van der Waals surface area contributed by atoms with Gasteiger partial charge in [0.2, 0.25) is 5.91 Å². The third-order valence-electron chi connectivity index (χ3n) is 3.51. The number of thioether (sulfide) groups is 1. The highest BCUT2D eigenvalue weighted by atomic mass is 32.2. The minimum absolute atomic E-state index is 0.188. The van der Waals surface area contributed by atoms with Gasteiger partial charge in [-0.25, -0.2) is 0 Å². The minimum atomic E-state index is 0.188. The Morgan fingerprint density at radius 2 is 1.65 bits per heavy atom. The minimum Gasteiger partial charge on any atom is -0.493 e. The highest BCUT2D eigenvalue weighted by molar-refractivity contribution is 7.99. The third-order valence-corrected chi connectivity index (χ3v) is 4.56. The number of benzene rings is 2. The number of ether oxygens (including phenoxy) is 2. The maximum absolute atomic E-state index is 10.6. The van der Waals surface area contributed by atoms with Gasteiger partial charge in [0.15, 0.2) is 11.5 Å². The van der Waals surface area contributed by atoms with Crippen LogP contribution in [0.15, 0.2) is 48.5 Å². The van der Waals surface area contributed by atoms with Crippen LogP contribution in [0.1, 0.15) is 6.42 Å². The second kappa shape index (κ2) is 13.1. The van der Waals surface area contributed by atoms with Gasteiger partial charge in [-0.3, -0.25) is 4.79 Å². The summed E-state index contributed by atoms with van der Waals surface area (Å²) in [7, 11) is 4.78. The molecule has 0 atom stereocenters. The summed E-state index contributed by atoms with van der Waals surface area (Å²) in [4.78, 5) is 10.6. The summed E-state index contributed by atoms with van der Waals surface area (Å²) in [5.74, 6) is 3.47. The van der Waals surface area contributed by atoms with E-state index in [4.69, 9.17) is 9.47 Å². The largest absolute Gasteiger partial charge is 0.493 e. The van der Waals surface area contributed by atoms with Crippen LogP contribution in [-0.2, 0) is 4.79 Å². The van der Waals surface area contributed by atoms with E-state index in [9.17, 15) is 4.79 Å². The molecule has 0 radical (unpaired) electrons. The fraction of sp³-hybridized carbons (Fsp3) is 0.350. The summed E-state index contributed by atoms with van der Waals surface area (Å²) >= 11 is 1.71. The van der Waals surface area contributed by atoms with Crippen LogP contribution in [0.3, 0.4) is 0 Å². The van der Waals surface area contributed by atoms with E-state index in [-0.39, 0.29) is 5.91 Å². The quantitative estimate of drug-likeness (QED) is 0.861. The molecule has 1 heterocycles. The van der Waals surface area contributed by atoms with Crippen molar-refractivity contribution in [1.82, 2.24) is 5.32 Å². The van der Waals surface area contributed by atoms with Crippen LogP contribution in [0.5, 0.6) is 11.5 Å². The van der Waals surface area contributed by atoms with Crippen LogP contribution in [0, 0.1) is 0 Å². The van der Waals surface area contributed by atoms with Crippen molar-refractivity contribution in [3.63, 3.8) is 0 Å². The molecule has 0 aliphatic carbocycles. The summed E-state index contributed by atoms with van der Waals surface area (Å²) in [6.45, 7) is 0.867. The number of methoxy groups -OCH3 is 2. The van der Waals surface area contributed by atoms with Crippen molar-refractivity contribution in [3.8, 4) is 22.6 Å². The van der Waals surface area contributed by atoms with E-state index in [1.807, 2.05) is 36.4 Å². The molecule has 0 unspecified atom stereocenters. The fourth-order valence-corrected chi connectivity index (χ4v) is 3.04. The van der Waals surface area contributed by atoms with Crippen molar-refractivity contribution in [3.05, 3.63) is 48.5 Å². The standard InChI is InChI=1S/C14H14O2.C5H9NOS.CH5N/c1-15-13-9-8-12(10-14(13)16-2)11-6-4-3-5-7-11;7-5-4-8-3-1-2-6-5;1-2/h3-10H,1-2H3;1-4H2,(H,6,7);2H2,1H3. The third kappa shape index (κ3) is 7.37. The molecule has 1 fully saturated rings. The number of carbonyl (C=O) groups is 1.